The van der Waals surface area contributed by atoms with E-state index in [1.807, 2.05) is 0 Å². The molecule has 3 rings (SSSR count). The maximum absolute atomic E-state index is 13.5. The molecular weight excluding hydrogens is 425 g/mol. The van der Waals surface area contributed by atoms with Crippen molar-refractivity contribution in [1.29, 1.82) is 0 Å². The Balaban J connectivity index is 1.81. The van der Waals surface area contributed by atoms with Gasteiger partial charge in [-0.3, -0.25) is 19.3 Å². The van der Waals surface area contributed by atoms with Crippen molar-refractivity contribution >= 4 is 34.7 Å². The first-order valence-corrected chi connectivity index (χ1v) is 11.0. The average molecular weight is 454 g/mol. The van der Waals surface area contributed by atoms with Gasteiger partial charge in [-0.15, -0.1) is 0 Å². The molecule has 0 aliphatic carbocycles. The predicted octanol–water partition coefficient (Wildman–Crippen LogP) is 4.18. The number of nitrogens with zero attached hydrogens (tertiary/aromatic N) is 1. The quantitative estimate of drug-likeness (QED) is 0.394. The molecule has 0 saturated carbocycles. The van der Waals surface area contributed by atoms with Crippen molar-refractivity contribution < 1.29 is 23.5 Å². The van der Waals surface area contributed by atoms with Gasteiger partial charge in [0.2, 0.25) is 5.91 Å². The fourth-order valence-electron chi connectivity index (χ4n) is 3.44. The topological polar surface area (TPSA) is 87.7 Å². The lowest BCUT2D eigenvalue weighted by molar-refractivity contribution is -0.137. The van der Waals surface area contributed by atoms with Crippen LogP contribution in [0.1, 0.15) is 38.7 Å². The summed E-state index contributed by atoms with van der Waals surface area (Å²) < 4.78 is 19.0. The minimum atomic E-state index is -0.446. The first kappa shape index (κ1) is 24.1. The Morgan fingerprint density at radius 3 is 2.21 bits per heavy atom. The van der Waals surface area contributed by atoms with Crippen LogP contribution < -0.4 is 10.6 Å². The van der Waals surface area contributed by atoms with Gasteiger partial charge in [0.15, 0.2) is 0 Å². The second kappa shape index (κ2) is 11.4. The largest absolute Gasteiger partial charge is 0.381 e. The number of nitrogens with one attached hydrogen (secondary N) is 2. The molecule has 7 nitrogen and oxygen atoms in total. The Morgan fingerprint density at radius 1 is 0.939 bits per heavy atom. The standard InChI is InChI=1S/C25H28FN3O4/c1-3-4-15-33-16-5-14-29-24(31)22(18-6-8-19(26)9-7-18)23(25(29)32)28-21-12-10-20(11-13-21)27-17(2)30/h6-13,28H,3-5,14-16H2,1-2H3,(H,27,30). The van der Waals surface area contributed by atoms with Crippen LogP contribution in [0.4, 0.5) is 15.8 Å². The van der Waals surface area contributed by atoms with E-state index in [0.717, 1.165) is 12.8 Å². The van der Waals surface area contributed by atoms with Gasteiger partial charge in [0.25, 0.3) is 11.8 Å². The van der Waals surface area contributed by atoms with Gasteiger partial charge in [0.05, 0.1) is 5.57 Å². The molecule has 0 spiro atoms. The van der Waals surface area contributed by atoms with Crippen LogP contribution in [-0.4, -0.2) is 42.4 Å². The van der Waals surface area contributed by atoms with Gasteiger partial charge in [-0.1, -0.05) is 25.5 Å². The average Bonchev–Trinajstić information content (AvgIpc) is 3.01. The van der Waals surface area contributed by atoms with Gasteiger partial charge >= 0.3 is 0 Å². The zero-order chi connectivity index (χ0) is 23.8. The SMILES string of the molecule is CCCCOCCCN1C(=O)C(Nc2ccc(NC(C)=O)cc2)=C(c2ccc(F)cc2)C1=O. The zero-order valence-electron chi connectivity index (χ0n) is 18.8. The summed E-state index contributed by atoms with van der Waals surface area (Å²) in [5, 5.41) is 5.72. The van der Waals surface area contributed by atoms with E-state index in [9.17, 15) is 18.8 Å². The third kappa shape index (κ3) is 6.26. The minimum absolute atomic E-state index is 0.130. The van der Waals surface area contributed by atoms with E-state index >= 15 is 0 Å². The molecule has 1 aliphatic rings. The van der Waals surface area contributed by atoms with Gasteiger partial charge in [0, 0.05) is 38.1 Å². The monoisotopic (exact) mass is 453 g/mol. The van der Waals surface area contributed by atoms with Crippen LogP contribution in [0.5, 0.6) is 0 Å². The second-order valence-electron chi connectivity index (χ2n) is 7.72. The van der Waals surface area contributed by atoms with Gasteiger partial charge in [-0.2, -0.15) is 0 Å². The van der Waals surface area contributed by atoms with E-state index in [1.165, 1.54) is 36.1 Å². The summed E-state index contributed by atoms with van der Waals surface area (Å²) >= 11 is 0. The summed E-state index contributed by atoms with van der Waals surface area (Å²) in [5.74, 6) is -1.50. The second-order valence-corrected chi connectivity index (χ2v) is 7.72. The third-order valence-corrected chi connectivity index (χ3v) is 5.09. The number of imide groups is 1. The fraction of sp³-hybridized carbons (Fsp3) is 0.320. The van der Waals surface area contributed by atoms with Crippen molar-refractivity contribution in [2.45, 2.75) is 33.1 Å². The van der Waals surface area contributed by atoms with Crippen molar-refractivity contribution in [3.05, 3.63) is 65.6 Å². The molecule has 174 valence electrons. The third-order valence-electron chi connectivity index (χ3n) is 5.09. The highest BCUT2D eigenvalue weighted by Gasteiger charge is 2.38. The molecule has 0 unspecified atom stereocenters. The summed E-state index contributed by atoms with van der Waals surface area (Å²) in [6, 6.07) is 12.2. The Kier molecular flexibility index (Phi) is 8.32. The van der Waals surface area contributed by atoms with E-state index in [2.05, 4.69) is 17.6 Å². The lowest BCUT2D eigenvalue weighted by Crippen LogP contribution is -2.34. The number of amides is 3. The number of benzene rings is 2. The van der Waals surface area contributed by atoms with Crippen molar-refractivity contribution in [3.63, 3.8) is 0 Å². The fourth-order valence-corrected chi connectivity index (χ4v) is 3.44. The lowest BCUT2D eigenvalue weighted by atomic mass is 10.0. The lowest BCUT2D eigenvalue weighted by Gasteiger charge is -2.15. The molecule has 2 aromatic carbocycles. The summed E-state index contributed by atoms with van der Waals surface area (Å²) in [7, 11) is 0. The molecule has 0 saturated heterocycles. The van der Waals surface area contributed by atoms with E-state index in [1.54, 1.807) is 24.3 Å². The van der Waals surface area contributed by atoms with Gasteiger partial charge < -0.3 is 15.4 Å². The summed E-state index contributed by atoms with van der Waals surface area (Å²) in [4.78, 5) is 38.7. The molecule has 1 aliphatic heterocycles. The molecule has 0 fully saturated rings. The number of anilines is 2. The van der Waals surface area contributed by atoms with Crippen molar-refractivity contribution in [2.75, 3.05) is 30.4 Å². The van der Waals surface area contributed by atoms with Crippen LogP contribution in [0.15, 0.2) is 54.2 Å². The minimum Gasteiger partial charge on any atom is -0.381 e. The number of rotatable bonds is 11. The van der Waals surface area contributed by atoms with Crippen LogP contribution in [0, 0.1) is 5.82 Å². The molecule has 3 amide bonds. The number of ether oxygens (including phenoxy) is 1. The van der Waals surface area contributed by atoms with Crippen molar-refractivity contribution in [2.24, 2.45) is 0 Å². The van der Waals surface area contributed by atoms with Gasteiger partial charge in [-0.05, 0) is 54.8 Å². The molecule has 8 heteroatoms. The van der Waals surface area contributed by atoms with E-state index < -0.39 is 17.6 Å². The van der Waals surface area contributed by atoms with E-state index in [4.69, 9.17) is 4.74 Å². The molecule has 33 heavy (non-hydrogen) atoms. The highest BCUT2D eigenvalue weighted by atomic mass is 19.1. The van der Waals surface area contributed by atoms with Gasteiger partial charge in [-0.25, -0.2) is 4.39 Å². The molecule has 0 radical (unpaired) electrons. The van der Waals surface area contributed by atoms with Crippen LogP contribution >= 0.6 is 0 Å². The van der Waals surface area contributed by atoms with Crippen LogP contribution in [0.3, 0.4) is 0 Å². The Hall–Kier alpha value is -3.52. The molecular formula is C25H28FN3O4. The first-order chi connectivity index (χ1) is 15.9. The number of carbonyl (C=O) groups excluding carboxylic acids is 3. The number of carbonyl (C=O) groups is 3. The first-order valence-electron chi connectivity index (χ1n) is 11.0. The maximum Gasteiger partial charge on any atom is 0.278 e. The smallest absolute Gasteiger partial charge is 0.278 e. The highest BCUT2D eigenvalue weighted by Crippen LogP contribution is 2.31. The van der Waals surface area contributed by atoms with Crippen molar-refractivity contribution in [1.82, 2.24) is 4.90 Å². The van der Waals surface area contributed by atoms with E-state index in [0.29, 0.717) is 36.6 Å². The molecule has 0 aromatic heterocycles. The number of unbranched alkanes of at least 4 members (excludes halogenated alkanes) is 1. The van der Waals surface area contributed by atoms with Crippen LogP contribution in [0.25, 0.3) is 5.57 Å². The Labute approximate surface area is 192 Å². The molecule has 0 atom stereocenters. The Bertz CT molecular complexity index is 1030. The molecule has 2 aromatic rings. The van der Waals surface area contributed by atoms with Gasteiger partial charge in [0.1, 0.15) is 11.5 Å². The maximum atomic E-state index is 13.5. The number of hydrogen-bond acceptors (Lipinski definition) is 5. The molecule has 1 heterocycles. The summed E-state index contributed by atoms with van der Waals surface area (Å²) in [5.41, 5.74) is 1.96. The predicted molar refractivity (Wildman–Crippen MR) is 125 cm³/mol. The normalized spacial score (nSPS) is 13.6. The Morgan fingerprint density at radius 2 is 1.58 bits per heavy atom. The van der Waals surface area contributed by atoms with E-state index in [-0.39, 0.29) is 23.7 Å². The molecule has 0 bridgehead atoms. The molecule has 2 N–H and O–H groups in total. The van der Waals surface area contributed by atoms with Crippen LogP contribution in [-0.2, 0) is 19.1 Å². The number of halogens is 1. The number of hydrogen-bond donors (Lipinski definition) is 2. The highest BCUT2D eigenvalue weighted by molar-refractivity contribution is 6.36. The van der Waals surface area contributed by atoms with Crippen LogP contribution in [0.2, 0.25) is 0 Å². The summed E-state index contributed by atoms with van der Waals surface area (Å²) in [6.45, 7) is 4.82. The summed E-state index contributed by atoms with van der Waals surface area (Å²) in [6.07, 6.45) is 2.53. The zero-order valence-corrected chi connectivity index (χ0v) is 18.8. The van der Waals surface area contributed by atoms with Crippen molar-refractivity contribution in [3.8, 4) is 0 Å².